The number of aromatic nitrogens is 1. The van der Waals surface area contributed by atoms with Gasteiger partial charge in [0.15, 0.2) is 0 Å². The molecule has 9 heteroatoms. The Labute approximate surface area is 204 Å². The van der Waals surface area contributed by atoms with Crippen molar-refractivity contribution in [1.29, 1.82) is 0 Å². The normalized spacial score (nSPS) is 12.0. The number of carbonyl (C=O) groups excluding carboxylic acids is 1. The van der Waals surface area contributed by atoms with Gasteiger partial charge < -0.3 is 24.3 Å². The van der Waals surface area contributed by atoms with E-state index in [9.17, 15) is 13.6 Å². The maximum Gasteiger partial charge on any atom is 0.310 e. The van der Waals surface area contributed by atoms with Crippen molar-refractivity contribution < 1.29 is 27.4 Å². The molecule has 0 amide bonds. The van der Waals surface area contributed by atoms with E-state index >= 15 is 4.39 Å². The molecule has 0 bridgehead atoms. The highest BCUT2D eigenvalue weighted by atomic mass is 32.2. The van der Waals surface area contributed by atoms with Crippen LogP contribution in [0.5, 0.6) is 5.75 Å². The van der Waals surface area contributed by atoms with E-state index in [1.165, 1.54) is 7.11 Å². The number of halogens is 1. The van der Waals surface area contributed by atoms with Gasteiger partial charge >= 0.3 is 5.97 Å². The first-order valence-corrected chi connectivity index (χ1v) is 12.1. The zero-order chi connectivity index (χ0) is 24.9. The second-order valence-electron chi connectivity index (χ2n) is 7.93. The highest BCUT2D eigenvalue weighted by Gasteiger charge is 2.16. The standard InChI is InChI=1S/C26H25FN2O5S/c1-33-25(30)13-18-5-2-3-8-24(18)34-15-17-11-22(21-7-4-6-19(14-28)26(21)27)20-9-10-29(16-35(31)32)23(20)12-17/h2-12H,13-16,28H2,1H3,(H,31,32)/p-1. The average Bonchev–Trinajstić information content (AvgIpc) is 3.25. The van der Waals surface area contributed by atoms with Gasteiger partial charge in [-0.05, 0) is 46.5 Å². The fraction of sp³-hybridized carbons (Fsp3) is 0.192. The molecular formula is C26H24FN2O5S-. The van der Waals surface area contributed by atoms with Crippen molar-refractivity contribution in [2.45, 2.75) is 25.4 Å². The Kier molecular flexibility index (Phi) is 7.60. The number of methoxy groups -OCH3 is 1. The van der Waals surface area contributed by atoms with E-state index in [4.69, 9.17) is 15.2 Å². The summed E-state index contributed by atoms with van der Waals surface area (Å²) < 4.78 is 50.4. The Bertz CT molecular complexity index is 1400. The molecule has 182 valence electrons. The predicted octanol–water partition coefficient (Wildman–Crippen LogP) is 4.04. The van der Waals surface area contributed by atoms with Gasteiger partial charge in [-0.3, -0.25) is 9.00 Å². The molecule has 1 unspecified atom stereocenters. The maximum absolute atomic E-state index is 15.2. The highest BCUT2D eigenvalue weighted by molar-refractivity contribution is 7.78. The summed E-state index contributed by atoms with van der Waals surface area (Å²) in [6.07, 6.45) is 1.72. The van der Waals surface area contributed by atoms with Crippen molar-refractivity contribution in [1.82, 2.24) is 4.57 Å². The van der Waals surface area contributed by atoms with Crippen molar-refractivity contribution in [3.8, 4) is 16.9 Å². The number of carbonyl (C=O) groups is 1. The molecule has 35 heavy (non-hydrogen) atoms. The van der Waals surface area contributed by atoms with E-state index in [2.05, 4.69) is 0 Å². The van der Waals surface area contributed by atoms with Crippen molar-refractivity contribution in [2.75, 3.05) is 7.11 Å². The maximum atomic E-state index is 15.2. The zero-order valence-corrected chi connectivity index (χ0v) is 19.8. The van der Waals surface area contributed by atoms with E-state index in [1.54, 1.807) is 59.3 Å². The second kappa shape index (κ2) is 10.8. The van der Waals surface area contributed by atoms with Crippen molar-refractivity contribution in [3.63, 3.8) is 0 Å². The molecule has 0 fully saturated rings. The third-order valence-corrected chi connectivity index (χ3v) is 6.20. The predicted molar refractivity (Wildman–Crippen MR) is 131 cm³/mol. The van der Waals surface area contributed by atoms with Crippen LogP contribution in [0, 0.1) is 5.82 Å². The Morgan fingerprint density at radius 1 is 1.09 bits per heavy atom. The van der Waals surface area contributed by atoms with Crippen molar-refractivity contribution in [2.24, 2.45) is 5.73 Å². The number of benzene rings is 3. The average molecular weight is 496 g/mol. The molecule has 1 atom stereocenters. The SMILES string of the molecule is COC(=O)Cc1ccccc1OCc1cc(-c2cccc(CN)c2F)c2ccn(CS(=O)[O-])c2c1. The summed E-state index contributed by atoms with van der Waals surface area (Å²) in [5, 5.41) is 0.707. The minimum absolute atomic E-state index is 0.0543. The number of ether oxygens (including phenoxy) is 2. The molecule has 0 spiro atoms. The topological polar surface area (TPSA) is 107 Å². The van der Waals surface area contributed by atoms with Gasteiger partial charge in [0.25, 0.3) is 0 Å². The lowest BCUT2D eigenvalue weighted by molar-refractivity contribution is -0.139. The highest BCUT2D eigenvalue weighted by Crippen LogP contribution is 2.34. The van der Waals surface area contributed by atoms with Crippen molar-refractivity contribution in [3.05, 3.63) is 89.4 Å². The van der Waals surface area contributed by atoms with E-state index in [0.717, 1.165) is 0 Å². The van der Waals surface area contributed by atoms with Crippen molar-refractivity contribution >= 4 is 28.0 Å². The molecule has 0 aliphatic carbocycles. The number of hydrogen-bond acceptors (Lipinski definition) is 6. The molecule has 0 saturated heterocycles. The third-order valence-electron chi connectivity index (χ3n) is 5.71. The van der Waals surface area contributed by atoms with Gasteiger partial charge in [0, 0.05) is 40.3 Å². The second-order valence-corrected chi connectivity index (χ2v) is 8.79. The van der Waals surface area contributed by atoms with E-state index in [1.807, 2.05) is 12.1 Å². The molecule has 4 rings (SSSR count). The summed E-state index contributed by atoms with van der Waals surface area (Å²) in [5.41, 5.74) is 9.07. The van der Waals surface area contributed by atoms with Crippen LogP contribution >= 0.6 is 0 Å². The minimum Gasteiger partial charge on any atom is -0.771 e. The van der Waals surface area contributed by atoms with Gasteiger partial charge in [-0.15, -0.1) is 0 Å². The van der Waals surface area contributed by atoms with Crippen LogP contribution < -0.4 is 10.5 Å². The number of nitrogens with zero attached hydrogens (tertiary/aromatic N) is 1. The molecule has 0 aliphatic heterocycles. The lowest BCUT2D eigenvalue weighted by atomic mass is 9.97. The quantitative estimate of drug-likeness (QED) is 0.278. The van der Waals surface area contributed by atoms with Gasteiger partial charge in [-0.25, -0.2) is 4.39 Å². The first kappa shape index (κ1) is 24.6. The number of rotatable bonds is 9. The number of hydrogen-bond donors (Lipinski definition) is 1. The third kappa shape index (κ3) is 5.43. The lowest BCUT2D eigenvalue weighted by Crippen LogP contribution is -2.07. The molecule has 1 aromatic heterocycles. The van der Waals surface area contributed by atoms with Crippen LogP contribution in [-0.2, 0) is 46.1 Å². The monoisotopic (exact) mass is 495 g/mol. The molecule has 2 N–H and O–H groups in total. The molecule has 0 aliphatic rings. The molecule has 3 aromatic carbocycles. The van der Waals surface area contributed by atoms with Crippen LogP contribution in [0.2, 0.25) is 0 Å². The molecule has 4 aromatic rings. The first-order valence-electron chi connectivity index (χ1n) is 10.8. The van der Waals surface area contributed by atoms with Gasteiger partial charge in [-0.1, -0.05) is 36.4 Å². The van der Waals surface area contributed by atoms with E-state index in [-0.39, 0.29) is 31.4 Å². The molecular weight excluding hydrogens is 471 g/mol. The van der Waals surface area contributed by atoms with Crippen LogP contribution in [0.15, 0.2) is 66.9 Å². The van der Waals surface area contributed by atoms with E-state index in [0.29, 0.717) is 44.5 Å². The van der Waals surface area contributed by atoms with Gasteiger partial charge in [0.2, 0.25) is 0 Å². The fourth-order valence-electron chi connectivity index (χ4n) is 4.01. The Morgan fingerprint density at radius 2 is 1.86 bits per heavy atom. The Balaban J connectivity index is 1.77. The number of esters is 1. The molecule has 7 nitrogen and oxygen atoms in total. The number of nitrogens with two attached hydrogens (primary N) is 1. The van der Waals surface area contributed by atoms with Gasteiger partial charge in [0.05, 0.1) is 19.4 Å². The summed E-state index contributed by atoms with van der Waals surface area (Å²) in [4.78, 5) is 11.8. The molecule has 0 radical (unpaired) electrons. The number of para-hydroxylation sites is 1. The summed E-state index contributed by atoms with van der Waals surface area (Å²) >= 11 is -2.31. The summed E-state index contributed by atoms with van der Waals surface area (Å²) in [5.74, 6) is -0.520. The summed E-state index contributed by atoms with van der Waals surface area (Å²) in [7, 11) is 1.32. The minimum atomic E-state index is -2.31. The Morgan fingerprint density at radius 3 is 2.60 bits per heavy atom. The van der Waals surface area contributed by atoms with Crippen LogP contribution in [0.3, 0.4) is 0 Å². The lowest BCUT2D eigenvalue weighted by Gasteiger charge is -2.15. The molecule has 0 saturated carbocycles. The van der Waals surface area contributed by atoms with E-state index < -0.39 is 16.9 Å². The van der Waals surface area contributed by atoms with Crippen LogP contribution in [0.4, 0.5) is 4.39 Å². The Hall–Kier alpha value is -3.53. The summed E-state index contributed by atoms with van der Waals surface area (Å²) in [6.45, 7) is 0.170. The summed E-state index contributed by atoms with van der Waals surface area (Å²) in [6, 6.07) is 17.6. The van der Waals surface area contributed by atoms with Gasteiger partial charge in [0.1, 0.15) is 18.2 Å². The zero-order valence-electron chi connectivity index (χ0n) is 19.0. The van der Waals surface area contributed by atoms with Gasteiger partial charge in [-0.2, -0.15) is 0 Å². The van der Waals surface area contributed by atoms with Crippen LogP contribution in [-0.4, -0.2) is 26.4 Å². The number of fused-ring (bicyclic) bond motifs is 1. The fourth-order valence-corrected chi connectivity index (χ4v) is 4.46. The largest absolute Gasteiger partial charge is 0.771 e. The van der Waals surface area contributed by atoms with Crippen LogP contribution in [0.25, 0.3) is 22.0 Å². The van der Waals surface area contributed by atoms with Crippen LogP contribution in [0.1, 0.15) is 16.7 Å². The molecule has 1 heterocycles. The first-order chi connectivity index (χ1) is 16.9. The smallest absolute Gasteiger partial charge is 0.310 e.